The topological polar surface area (TPSA) is 54.3 Å². The van der Waals surface area contributed by atoms with Crippen molar-refractivity contribution in [3.05, 3.63) is 105 Å². The summed E-state index contributed by atoms with van der Waals surface area (Å²) in [5.41, 5.74) is 3.18. The minimum Gasteiger partial charge on any atom is -0.422 e. The summed E-state index contributed by atoms with van der Waals surface area (Å²) >= 11 is 12.5. The van der Waals surface area contributed by atoms with Crippen LogP contribution in [-0.4, -0.2) is 0 Å². The highest BCUT2D eigenvalue weighted by atomic mass is 35.5. The molecule has 1 heterocycles. The minimum atomic E-state index is -0.403. The first-order valence-electron chi connectivity index (χ1n) is 9.62. The third-order valence-corrected chi connectivity index (χ3v) is 5.68. The molecule has 6 heteroatoms. The zero-order valence-electron chi connectivity index (χ0n) is 16.2. The predicted molar refractivity (Wildman–Crippen MR) is 129 cm³/mol. The Hall–Kier alpha value is -3.47. The molecule has 0 bridgehead atoms. The van der Waals surface area contributed by atoms with Gasteiger partial charge in [0.05, 0.1) is 26.8 Å². The van der Waals surface area contributed by atoms with Crippen LogP contribution < -0.4 is 16.3 Å². The Balaban J connectivity index is 1.54. The van der Waals surface area contributed by atoms with Crippen molar-refractivity contribution in [2.45, 2.75) is 0 Å². The molecule has 0 fully saturated rings. The summed E-state index contributed by atoms with van der Waals surface area (Å²) in [6.07, 6.45) is 0. The Morgan fingerprint density at radius 2 is 1.16 bits per heavy atom. The van der Waals surface area contributed by atoms with Gasteiger partial charge in [-0.2, -0.15) is 0 Å². The third kappa shape index (κ3) is 3.83. The fourth-order valence-electron chi connectivity index (χ4n) is 3.52. The van der Waals surface area contributed by atoms with Crippen molar-refractivity contribution in [1.82, 2.24) is 0 Å². The molecule has 0 radical (unpaired) electrons. The first-order chi connectivity index (χ1) is 15.1. The maximum absolute atomic E-state index is 12.7. The van der Waals surface area contributed by atoms with Crippen molar-refractivity contribution >= 4 is 67.7 Å². The second-order valence-corrected chi connectivity index (χ2v) is 7.88. The van der Waals surface area contributed by atoms with E-state index in [9.17, 15) is 4.79 Å². The molecule has 0 atom stereocenters. The van der Waals surface area contributed by atoms with Crippen molar-refractivity contribution in [2.75, 3.05) is 10.6 Å². The van der Waals surface area contributed by atoms with E-state index in [2.05, 4.69) is 10.6 Å². The zero-order chi connectivity index (χ0) is 21.4. The molecule has 5 aromatic rings. The normalized spacial score (nSPS) is 11.0. The van der Waals surface area contributed by atoms with Gasteiger partial charge in [-0.25, -0.2) is 4.79 Å². The Morgan fingerprint density at radius 3 is 1.77 bits per heavy atom. The second-order valence-electron chi connectivity index (χ2n) is 7.07. The quantitative estimate of drug-likeness (QED) is 0.219. The van der Waals surface area contributed by atoms with Gasteiger partial charge in [-0.05, 0) is 48.5 Å². The molecule has 4 nitrogen and oxygen atoms in total. The summed E-state index contributed by atoms with van der Waals surface area (Å²) in [7, 11) is 0. The van der Waals surface area contributed by atoms with E-state index in [1.54, 1.807) is 18.2 Å². The third-order valence-electron chi connectivity index (χ3n) is 5.02. The van der Waals surface area contributed by atoms with Gasteiger partial charge in [0.2, 0.25) is 0 Å². The zero-order valence-corrected chi connectivity index (χ0v) is 17.7. The molecule has 0 saturated carbocycles. The smallest absolute Gasteiger partial charge is 0.344 e. The average Bonchev–Trinajstić information content (AvgIpc) is 2.77. The summed E-state index contributed by atoms with van der Waals surface area (Å²) < 4.78 is 5.63. The van der Waals surface area contributed by atoms with Gasteiger partial charge in [-0.15, -0.1) is 0 Å². The first kappa shape index (κ1) is 19.5. The summed E-state index contributed by atoms with van der Waals surface area (Å²) in [5.74, 6) is 0. The Bertz CT molecular complexity index is 1490. The SMILES string of the molecule is O=c1oc2cc(Nc3ccccc3Cl)ccc2c2ccc(Nc3ccccc3Cl)cc12. The molecule has 0 aliphatic rings. The molecule has 0 amide bonds. The molecule has 152 valence electrons. The fourth-order valence-corrected chi connectivity index (χ4v) is 3.89. The number of para-hydroxylation sites is 2. The predicted octanol–water partition coefficient (Wildman–Crippen LogP) is 7.74. The standard InChI is InChI=1S/C25H16Cl2N2O2/c26-20-5-1-3-7-22(20)28-15-9-11-17-18-12-10-16(29-23-8-4-2-6-21(23)27)14-24(18)31-25(30)19(17)13-15/h1-14,28-29H. The average molecular weight is 447 g/mol. The van der Waals surface area contributed by atoms with Gasteiger partial charge in [-0.3, -0.25) is 0 Å². The van der Waals surface area contributed by atoms with Crippen LogP contribution in [0.25, 0.3) is 21.7 Å². The van der Waals surface area contributed by atoms with Crippen LogP contribution >= 0.6 is 23.2 Å². The second kappa shape index (κ2) is 7.99. The number of halogens is 2. The lowest BCUT2D eigenvalue weighted by Gasteiger charge is -2.11. The van der Waals surface area contributed by atoms with Crippen LogP contribution in [0.15, 0.2) is 94.1 Å². The summed E-state index contributed by atoms with van der Waals surface area (Å²) in [5, 5.41) is 9.89. The van der Waals surface area contributed by atoms with Crippen LogP contribution in [0.3, 0.4) is 0 Å². The largest absolute Gasteiger partial charge is 0.422 e. The molecule has 4 aromatic carbocycles. The monoisotopic (exact) mass is 446 g/mol. The number of rotatable bonds is 4. The van der Waals surface area contributed by atoms with Crippen LogP contribution in [-0.2, 0) is 0 Å². The van der Waals surface area contributed by atoms with Crippen molar-refractivity contribution in [2.24, 2.45) is 0 Å². The molecule has 0 unspecified atom stereocenters. The van der Waals surface area contributed by atoms with Crippen molar-refractivity contribution < 1.29 is 4.42 Å². The lowest BCUT2D eigenvalue weighted by atomic mass is 10.1. The lowest BCUT2D eigenvalue weighted by molar-refractivity contribution is 0.570. The van der Waals surface area contributed by atoms with Crippen LogP contribution in [0, 0.1) is 0 Å². The van der Waals surface area contributed by atoms with Crippen LogP contribution in [0.2, 0.25) is 10.0 Å². The van der Waals surface area contributed by atoms with Crippen molar-refractivity contribution in [1.29, 1.82) is 0 Å². The molecule has 5 rings (SSSR count). The van der Waals surface area contributed by atoms with Gasteiger partial charge in [0.15, 0.2) is 0 Å². The van der Waals surface area contributed by atoms with Gasteiger partial charge >= 0.3 is 5.63 Å². The first-order valence-corrected chi connectivity index (χ1v) is 10.4. The molecule has 0 spiro atoms. The van der Waals surface area contributed by atoms with Gasteiger partial charge in [0.25, 0.3) is 0 Å². The maximum atomic E-state index is 12.7. The van der Waals surface area contributed by atoms with Gasteiger partial charge in [0.1, 0.15) is 5.58 Å². The molecule has 31 heavy (non-hydrogen) atoms. The van der Waals surface area contributed by atoms with Gasteiger partial charge < -0.3 is 15.1 Å². The van der Waals surface area contributed by atoms with E-state index in [0.717, 1.165) is 33.5 Å². The summed E-state index contributed by atoms with van der Waals surface area (Å²) in [4.78, 5) is 12.7. The number of benzene rings is 4. The Kier molecular flexibility index (Phi) is 5.02. The highest BCUT2D eigenvalue weighted by Crippen LogP contribution is 2.31. The number of hydrogen-bond acceptors (Lipinski definition) is 4. The molecule has 0 aliphatic heterocycles. The van der Waals surface area contributed by atoms with E-state index in [-0.39, 0.29) is 0 Å². The van der Waals surface area contributed by atoms with E-state index in [4.69, 9.17) is 27.6 Å². The number of hydrogen-bond donors (Lipinski definition) is 2. The van der Waals surface area contributed by atoms with Gasteiger partial charge in [-0.1, -0.05) is 53.5 Å². The van der Waals surface area contributed by atoms with Crippen molar-refractivity contribution in [3.63, 3.8) is 0 Å². The van der Waals surface area contributed by atoms with E-state index >= 15 is 0 Å². The van der Waals surface area contributed by atoms with E-state index < -0.39 is 5.63 Å². The molecular weight excluding hydrogens is 431 g/mol. The molecule has 0 saturated heterocycles. The number of nitrogens with one attached hydrogen (secondary N) is 2. The summed E-state index contributed by atoms with van der Waals surface area (Å²) in [6.45, 7) is 0. The van der Waals surface area contributed by atoms with Crippen LogP contribution in [0.5, 0.6) is 0 Å². The minimum absolute atomic E-state index is 0.403. The molecular formula is C25H16Cl2N2O2. The fraction of sp³-hybridized carbons (Fsp3) is 0. The number of anilines is 4. The molecule has 1 aromatic heterocycles. The van der Waals surface area contributed by atoms with Crippen molar-refractivity contribution in [3.8, 4) is 0 Å². The number of fused-ring (bicyclic) bond motifs is 3. The molecule has 2 N–H and O–H groups in total. The van der Waals surface area contributed by atoms with Crippen LogP contribution in [0.4, 0.5) is 22.7 Å². The van der Waals surface area contributed by atoms with Crippen LogP contribution in [0.1, 0.15) is 0 Å². The summed E-state index contributed by atoms with van der Waals surface area (Å²) in [6, 6.07) is 26.2. The highest BCUT2D eigenvalue weighted by molar-refractivity contribution is 6.33. The lowest BCUT2D eigenvalue weighted by Crippen LogP contribution is -2.01. The van der Waals surface area contributed by atoms with E-state index in [1.165, 1.54) is 0 Å². The maximum Gasteiger partial charge on any atom is 0.344 e. The van der Waals surface area contributed by atoms with Gasteiger partial charge in [0, 0.05) is 28.2 Å². The highest BCUT2D eigenvalue weighted by Gasteiger charge is 2.10. The van der Waals surface area contributed by atoms with E-state index in [1.807, 2.05) is 66.7 Å². The Morgan fingerprint density at radius 1 is 0.613 bits per heavy atom. The Labute approximate surface area is 188 Å². The van der Waals surface area contributed by atoms with E-state index in [0.29, 0.717) is 21.0 Å². The molecule has 0 aliphatic carbocycles.